The summed E-state index contributed by atoms with van der Waals surface area (Å²) in [5.41, 5.74) is 5.59. The first-order valence-corrected chi connectivity index (χ1v) is 7.35. The SMILES string of the molecule is Nc1ncc(COc2ccc3ccccc3c2Br)s1. The number of hydrogen-bond donors (Lipinski definition) is 1. The second kappa shape index (κ2) is 5.19. The van der Waals surface area contributed by atoms with Crippen LogP contribution in [0.15, 0.2) is 47.1 Å². The molecule has 0 spiro atoms. The molecule has 0 aliphatic carbocycles. The molecule has 19 heavy (non-hydrogen) atoms. The molecule has 0 amide bonds. The largest absolute Gasteiger partial charge is 0.487 e. The summed E-state index contributed by atoms with van der Waals surface area (Å²) in [6.45, 7) is 0.478. The van der Waals surface area contributed by atoms with Crippen molar-refractivity contribution in [2.24, 2.45) is 0 Å². The number of nitrogen functional groups attached to an aromatic ring is 1. The van der Waals surface area contributed by atoms with Gasteiger partial charge in [0.1, 0.15) is 12.4 Å². The van der Waals surface area contributed by atoms with E-state index in [0.717, 1.165) is 20.5 Å². The maximum Gasteiger partial charge on any atom is 0.180 e. The third kappa shape index (κ3) is 2.57. The number of anilines is 1. The van der Waals surface area contributed by atoms with Gasteiger partial charge in [0.05, 0.1) is 9.35 Å². The Balaban J connectivity index is 1.87. The lowest BCUT2D eigenvalue weighted by molar-refractivity contribution is 0.308. The van der Waals surface area contributed by atoms with E-state index in [1.165, 1.54) is 16.7 Å². The molecule has 5 heteroatoms. The molecule has 3 rings (SSSR count). The minimum Gasteiger partial charge on any atom is -0.487 e. The highest BCUT2D eigenvalue weighted by Gasteiger charge is 2.07. The van der Waals surface area contributed by atoms with Crippen LogP contribution in [0.3, 0.4) is 0 Å². The van der Waals surface area contributed by atoms with Gasteiger partial charge in [-0.3, -0.25) is 0 Å². The topological polar surface area (TPSA) is 48.1 Å². The standard InChI is InChI=1S/C14H11BrN2OS/c15-13-11-4-2-1-3-9(11)5-6-12(13)18-8-10-7-17-14(16)19-10/h1-7H,8H2,(H2,16,17). The van der Waals surface area contributed by atoms with Crippen LogP contribution in [0.5, 0.6) is 5.75 Å². The third-order valence-corrected chi connectivity index (χ3v) is 4.39. The quantitative estimate of drug-likeness (QED) is 0.780. The molecule has 0 bridgehead atoms. The molecule has 1 aromatic heterocycles. The van der Waals surface area contributed by atoms with E-state index in [9.17, 15) is 0 Å². The first kappa shape index (κ1) is 12.4. The maximum absolute atomic E-state index is 5.81. The summed E-state index contributed by atoms with van der Waals surface area (Å²) in [6, 6.07) is 12.2. The van der Waals surface area contributed by atoms with Gasteiger partial charge in [0.2, 0.25) is 0 Å². The van der Waals surface area contributed by atoms with Crippen LogP contribution in [0.25, 0.3) is 10.8 Å². The molecule has 1 heterocycles. The van der Waals surface area contributed by atoms with Crippen LogP contribution < -0.4 is 10.5 Å². The van der Waals surface area contributed by atoms with Gasteiger partial charge in [-0.15, -0.1) is 0 Å². The zero-order valence-electron chi connectivity index (χ0n) is 9.97. The first-order chi connectivity index (χ1) is 9.24. The second-order valence-corrected chi connectivity index (χ2v) is 5.99. The molecule has 0 saturated carbocycles. The van der Waals surface area contributed by atoms with E-state index in [4.69, 9.17) is 10.5 Å². The van der Waals surface area contributed by atoms with E-state index in [-0.39, 0.29) is 0 Å². The number of ether oxygens (including phenoxy) is 1. The van der Waals surface area contributed by atoms with Crippen LogP contribution in [0.2, 0.25) is 0 Å². The van der Waals surface area contributed by atoms with Crippen LogP contribution in [-0.2, 0) is 6.61 Å². The monoisotopic (exact) mass is 334 g/mol. The van der Waals surface area contributed by atoms with Crippen molar-refractivity contribution in [3.63, 3.8) is 0 Å². The average molecular weight is 335 g/mol. The lowest BCUT2D eigenvalue weighted by Gasteiger charge is -2.09. The first-order valence-electron chi connectivity index (χ1n) is 5.74. The second-order valence-electron chi connectivity index (χ2n) is 4.05. The Labute approximate surface area is 123 Å². The van der Waals surface area contributed by atoms with Gasteiger partial charge in [-0.05, 0) is 32.8 Å². The predicted octanol–water partition coefficient (Wildman–Crippen LogP) is 4.22. The summed E-state index contributed by atoms with van der Waals surface area (Å²) in [6.07, 6.45) is 1.74. The van der Waals surface area contributed by atoms with Crippen LogP contribution >= 0.6 is 27.3 Å². The van der Waals surface area contributed by atoms with E-state index in [1.54, 1.807) is 6.20 Å². The number of rotatable bonds is 3. The van der Waals surface area contributed by atoms with Gasteiger partial charge in [0.15, 0.2) is 5.13 Å². The zero-order valence-corrected chi connectivity index (χ0v) is 12.4. The summed E-state index contributed by atoms with van der Waals surface area (Å²) in [7, 11) is 0. The fourth-order valence-corrected chi connectivity index (χ4v) is 3.07. The van der Waals surface area contributed by atoms with Crippen molar-refractivity contribution in [3.05, 3.63) is 51.9 Å². The van der Waals surface area contributed by atoms with Gasteiger partial charge in [-0.2, -0.15) is 0 Å². The number of benzene rings is 2. The molecule has 0 saturated heterocycles. The highest BCUT2D eigenvalue weighted by Crippen LogP contribution is 2.33. The number of thiazole rings is 1. The molecule has 3 nitrogen and oxygen atoms in total. The Morgan fingerprint density at radius 1 is 1.21 bits per heavy atom. The van der Waals surface area contributed by atoms with E-state index < -0.39 is 0 Å². The van der Waals surface area contributed by atoms with Crippen molar-refractivity contribution >= 4 is 43.2 Å². The van der Waals surface area contributed by atoms with Crippen LogP contribution in [-0.4, -0.2) is 4.98 Å². The molecular weight excluding hydrogens is 324 g/mol. The molecule has 0 aliphatic rings. The lowest BCUT2D eigenvalue weighted by atomic mass is 10.1. The number of halogens is 1. The van der Waals surface area contributed by atoms with Gasteiger partial charge in [0, 0.05) is 6.20 Å². The molecule has 2 aromatic carbocycles. The minimum absolute atomic E-state index is 0.478. The molecule has 0 aliphatic heterocycles. The van der Waals surface area contributed by atoms with Crippen molar-refractivity contribution < 1.29 is 4.74 Å². The molecule has 2 N–H and O–H groups in total. The molecule has 0 fully saturated rings. The molecule has 3 aromatic rings. The summed E-state index contributed by atoms with van der Waals surface area (Å²) in [5, 5.41) is 2.89. The Kier molecular flexibility index (Phi) is 3.40. The number of fused-ring (bicyclic) bond motifs is 1. The fourth-order valence-electron chi connectivity index (χ4n) is 1.86. The van der Waals surface area contributed by atoms with Gasteiger partial charge in [-0.1, -0.05) is 41.7 Å². The summed E-state index contributed by atoms with van der Waals surface area (Å²) in [5.74, 6) is 0.825. The summed E-state index contributed by atoms with van der Waals surface area (Å²) >= 11 is 5.04. The van der Waals surface area contributed by atoms with E-state index in [0.29, 0.717) is 11.7 Å². The summed E-state index contributed by atoms with van der Waals surface area (Å²) < 4.78 is 6.79. The Bertz CT molecular complexity index is 726. The smallest absolute Gasteiger partial charge is 0.180 e. The van der Waals surface area contributed by atoms with Crippen LogP contribution in [0.4, 0.5) is 5.13 Å². The number of nitrogens with two attached hydrogens (primary N) is 1. The number of hydrogen-bond acceptors (Lipinski definition) is 4. The molecule has 0 unspecified atom stereocenters. The van der Waals surface area contributed by atoms with Gasteiger partial charge in [0.25, 0.3) is 0 Å². The number of aromatic nitrogens is 1. The molecule has 0 radical (unpaired) electrons. The minimum atomic E-state index is 0.478. The highest BCUT2D eigenvalue weighted by molar-refractivity contribution is 9.10. The molecular formula is C14H11BrN2OS. The molecule has 96 valence electrons. The van der Waals surface area contributed by atoms with E-state index in [2.05, 4.69) is 39.1 Å². The van der Waals surface area contributed by atoms with E-state index in [1.807, 2.05) is 18.2 Å². The van der Waals surface area contributed by atoms with Gasteiger partial charge < -0.3 is 10.5 Å². The normalized spacial score (nSPS) is 10.8. The zero-order chi connectivity index (χ0) is 13.2. The molecule has 0 atom stereocenters. The van der Waals surface area contributed by atoms with Gasteiger partial charge in [-0.25, -0.2) is 4.98 Å². The van der Waals surface area contributed by atoms with Crippen molar-refractivity contribution in [2.75, 3.05) is 5.73 Å². The third-order valence-electron chi connectivity index (χ3n) is 2.77. The average Bonchev–Trinajstić information content (AvgIpc) is 2.84. The van der Waals surface area contributed by atoms with Crippen molar-refractivity contribution in [2.45, 2.75) is 6.61 Å². The fraction of sp³-hybridized carbons (Fsp3) is 0.0714. The van der Waals surface area contributed by atoms with Crippen molar-refractivity contribution in [1.82, 2.24) is 4.98 Å². The Hall–Kier alpha value is -1.59. The van der Waals surface area contributed by atoms with E-state index >= 15 is 0 Å². The van der Waals surface area contributed by atoms with Gasteiger partial charge >= 0.3 is 0 Å². The predicted molar refractivity (Wildman–Crippen MR) is 82.5 cm³/mol. The maximum atomic E-state index is 5.81. The van der Waals surface area contributed by atoms with Crippen molar-refractivity contribution in [1.29, 1.82) is 0 Å². The Morgan fingerprint density at radius 2 is 2.05 bits per heavy atom. The summed E-state index contributed by atoms with van der Waals surface area (Å²) in [4.78, 5) is 5.02. The highest BCUT2D eigenvalue weighted by atomic mass is 79.9. The van der Waals surface area contributed by atoms with Crippen LogP contribution in [0.1, 0.15) is 4.88 Å². The van der Waals surface area contributed by atoms with Crippen molar-refractivity contribution in [3.8, 4) is 5.75 Å². The van der Waals surface area contributed by atoms with Crippen LogP contribution in [0, 0.1) is 0 Å². The number of nitrogens with zero attached hydrogens (tertiary/aromatic N) is 1. The lowest BCUT2D eigenvalue weighted by Crippen LogP contribution is -1.94. The Morgan fingerprint density at radius 3 is 2.84 bits per heavy atom.